The van der Waals surface area contributed by atoms with E-state index >= 15 is 0 Å². The maximum absolute atomic E-state index is 10.7. The Morgan fingerprint density at radius 1 is 1.24 bits per heavy atom. The predicted octanol–water partition coefficient (Wildman–Crippen LogP) is 1.76. The molecule has 0 heterocycles. The largest absolute Gasteiger partial charge is 0.384 e. The minimum Gasteiger partial charge on any atom is -0.384 e. The van der Waals surface area contributed by atoms with Crippen LogP contribution in [0.5, 0.6) is 0 Å². The highest BCUT2D eigenvalue weighted by Gasteiger charge is 2.30. The van der Waals surface area contributed by atoms with E-state index in [-0.39, 0.29) is 6.61 Å². The highest BCUT2D eigenvalue weighted by molar-refractivity contribution is 5.48. The second kappa shape index (κ2) is 5.01. The maximum atomic E-state index is 10.7. The van der Waals surface area contributed by atoms with E-state index in [0.29, 0.717) is 0 Å². The summed E-state index contributed by atoms with van der Waals surface area (Å²) < 4.78 is 0. The lowest BCUT2D eigenvalue weighted by molar-refractivity contribution is 0.144. The molecule has 1 aliphatic carbocycles. The van der Waals surface area contributed by atoms with E-state index in [9.17, 15) is 5.11 Å². The van der Waals surface area contributed by atoms with Gasteiger partial charge in [-0.25, -0.2) is 0 Å². The third-order valence-electron chi connectivity index (χ3n) is 2.73. The number of aliphatic hydroxyl groups excluding tert-OH is 1. The SMILES string of the molecule is OCC#CC(O)(C1=CCC=C1)c1ccccc1. The normalized spacial score (nSPS) is 16.9. The fraction of sp³-hybridized carbons (Fsp3) is 0.200. The van der Waals surface area contributed by atoms with Gasteiger partial charge in [-0.15, -0.1) is 0 Å². The van der Waals surface area contributed by atoms with E-state index in [1.807, 2.05) is 48.6 Å². The Labute approximate surface area is 101 Å². The Kier molecular flexibility index (Phi) is 3.43. The molecule has 2 N–H and O–H groups in total. The van der Waals surface area contributed by atoms with Gasteiger partial charge in [0, 0.05) is 5.56 Å². The van der Waals surface area contributed by atoms with Crippen LogP contribution in [0, 0.1) is 11.8 Å². The Morgan fingerprint density at radius 2 is 2.00 bits per heavy atom. The van der Waals surface area contributed by atoms with Gasteiger partial charge in [-0.1, -0.05) is 60.4 Å². The summed E-state index contributed by atoms with van der Waals surface area (Å²) >= 11 is 0. The molecule has 0 aliphatic heterocycles. The summed E-state index contributed by atoms with van der Waals surface area (Å²) in [4.78, 5) is 0. The fourth-order valence-electron chi connectivity index (χ4n) is 1.88. The van der Waals surface area contributed by atoms with Crippen LogP contribution < -0.4 is 0 Å². The minimum atomic E-state index is -1.32. The Hall–Kier alpha value is -1.82. The number of benzene rings is 1. The van der Waals surface area contributed by atoms with Crippen molar-refractivity contribution < 1.29 is 10.2 Å². The average molecular weight is 226 g/mol. The first kappa shape index (κ1) is 11.7. The third kappa shape index (κ3) is 2.31. The molecule has 1 aliphatic rings. The molecule has 0 saturated heterocycles. The highest BCUT2D eigenvalue weighted by Crippen LogP contribution is 2.32. The first-order valence-electron chi connectivity index (χ1n) is 5.53. The molecule has 1 atom stereocenters. The second-order valence-electron chi connectivity index (χ2n) is 3.83. The molecule has 1 unspecified atom stereocenters. The quantitative estimate of drug-likeness (QED) is 0.754. The first-order valence-corrected chi connectivity index (χ1v) is 5.53. The van der Waals surface area contributed by atoms with Gasteiger partial charge in [0.25, 0.3) is 0 Å². The predicted molar refractivity (Wildman–Crippen MR) is 67.0 cm³/mol. The van der Waals surface area contributed by atoms with E-state index in [1.54, 1.807) is 0 Å². The van der Waals surface area contributed by atoms with Gasteiger partial charge in [0.2, 0.25) is 0 Å². The molecule has 2 heteroatoms. The molecule has 86 valence electrons. The van der Waals surface area contributed by atoms with E-state index in [4.69, 9.17) is 5.11 Å². The molecule has 0 bridgehead atoms. The molecular formula is C15H14O2. The van der Waals surface area contributed by atoms with Gasteiger partial charge in [0.1, 0.15) is 6.61 Å². The van der Waals surface area contributed by atoms with Crippen LogP contribution in [0.15, 0.2) is 54.1 Å². The maximum Gasteiger partial charge on any atom is 0.176 e. The van der Waals surface area contributed by atoms with Crippen molar-refractivity contribution >= 4 is 0 Å². The number of hydrogen-bond acceptors (Lipinski definition) is 2. The van der Waals surface area contributed by atoms with Crippen LogP contribution in [0.4, 0.5) is 0 Å². The topological polar surface area (TPSA) is 40.5 Å². The van der Waals surface area contributed by atoms with Crippen molar-refractivity contribution in [2.75, 3.05) is 6.61 Å². The van der Waals surface area contributed by atoms with Gasteiger partial charge in [-0.3, -0.25) is 0 Å². The lowest BCUT2D eigenvalue weighted by Gasteiger charge is -2.23. The van der Waals surface area contributed by atoms with Gasteiger partial charge < -0.3 is 10.2 Å². The van der Waals surface area contributed by atoms with Crippen molar-refractivity contribution in [3.05, 3.63) is 59.7 Å². The summed E-state index contributed by atoms with van der Waals surface area (Å²) in [6.45, 7) is -0.258. The average Bonchev–Trinajstić information content (AvgIpc) is 2.91. The van der Waals surface area contributed by atoms with E-state index in [2.05, 4.69) is 11.8 Å². The molecule has 2 rings (SSSR count). The third-order valence-corrected chi connectivity index (χ3v) is 2.73. The Balaban J connectivity index is 2.47. The van der Waals surface area contributed by atoms with E-state index < -0.39 is 5.60 Å². The van der Waals surface area contributed by atoms with Gasteiger partial charge in [-0.2, -0.15) is 0 Å². The Morgan fingerprint density at radius 3 is 2.59 bits per heavy atom. The van der Waals surface area contributed by atoms with Crippen molar-refractivity contribution in [1.82, 2.24) is 0 Å². The van der Waals surface area contributed by atoms with Crippen LogP contribution in [0.3, 0.4) is 0 Å². The highest BCUT2D eigenvalue weighted by atomic mass is 16.3. The zero-order valence-electron chi connectivity index (χ0n) is 9.43. The molecule has 2 nitrogen and oxygen atoms in total. The monoisotopic (exact) mass is 226 g/mol. The summed E-state index contributed by atoms with van der Waals surface area (Å²) in [5, 5.41) is 19.5. The van der Waals surface area contributed by atoms with Crippen LogP contribution in [0.2, 0.25) is 0 Å². The van der Waals surface area contributed by atoms with Crippen LogP contribution in [0.1, 0.15) is 12.0 Å². The number of rotatable bonds is 2. The van der Waals surface area contributed by atoms with Gasteiger partial charge in [-0.05, 0) is 12.0 Å². The van der Waals surface area contributed by atoms with Crippen LogP contribution in [0.25, 0.3) is 0 Å². The van der Waals surface area contributed by atoms with Crippen molar-refractivity contribution in [3.63, 3.8) is 0 Å². The molecule has 0 aromatic heterocycles. The molecule has 0 amide bonds. The summed E-state index contributed by atoms with van der Waals surface area (Å²) in [7, 11) is 0. The molecule has 0 radical (unpaired) electrons. The van der Waals surface area contributed by atoms with E-state index in [1.165, 1.54) is 0 Å². The molecule has 0 spiro atoms. The molecular weight excluding hydrogens is 212 g/mol. The zero-order chi connectivity index (χ0) is 12.1. The second-order valence-corrected chi connectivity index (χ2v) is 3.83. The molecule has 0 fully saturated rings. The molecule has 1 aromatic carbocycles. The summed E-state index contributed by atoms with van der Waals surface area (Å²) in [5.41, 5.74) is 0.167. The van der Waals surface area contributed by atoms with Gasteiger partial charge in [0.05, 0.1) is 0 Å². The van der Waals surface area contributed by atoms with Crippen molar-refractivity contribution in [3.8, 4) is 11.8 Å². The van der Waals surface area contributed by atoms with Gasteiger partial charge >= 0.3 is 0 Å². The summed E-state index contributed by atoms with van der Waals surface area (Å²) in [5.74, 6) is 5.29. The fourth-order valence-corrected chi connectivity index (χ4v) is 1.88. The first-order chi connectivity index (χ1) is 8.27. The Bertz CT molecular complexity index is 503. The molecule has 17 heavy (non-hydrogen) atoms. The number of allylic oxidation sites excluding steroid dienone is 2. The minimum absolute atomic E-state index is 0.258. The number of aliphatic hydroxyl groups is 2. The lowest BCUT2D eigenvalue weighted by Crippen LogP contribution is -2.25. The van der Waals surface area contributed by atoms with Gasteiger partial charge in [0.15, 0.2) is 5.60 Å². The summed E-state index contributed by atoms with van der Waals surface area (Å²) in [6.07, 6.45) is 6.60. The van der Waals surface area contributed by atoms with Crippen LogP contribution >= 0.6 is 0 Å². The van der Waals surface area contributed by atoms with Crippen LogP contribution in [-0.4, -0.2) is 16.8 Å². The zero-order valence-corrected chi connectivity index (χ0v) is 9.43. The standard InChI is InChI=1S/C15H14O2/c16-12-6-11-15(17,14-9-4-5-10-14)13-7-2-1-3-8-13/h1-4,7-10,16-17H,5,12H2. The lowest BCUT2D eigenvalue weighted by atomic mass is 9.87. The number of hydrogen-bond donors (Lipinski definition) is 2. The van der Waals surface area contributed by atoms with E-state index in [0.717, 1.165) is 17.6 Å². The summed E-state index contributed by atoms with van der Waals surface area (Å²) in [6, 6.07) is 9.28. The van der Waals surface area contributed by atoms with Crippen molar-refractivity contribution in [1.29, 1.82) is 0 Å². The molecule has 1 aromatic rings. The van der Waals surface area contributed by atoms with Crippen LogP contribution in [-0.2, 0) is 5.60 Å². The van der Waals surface area contributed by atoms with Crippen molar-refractivity contribution in [2.24, 2.45) is 0 Å². The van der Waals surface area contributed by atoms with Crippen molar-refractivity contribution in [2.45, 2.75) is 12.0 Å². The smallest absolute Gasteiger partial charge is 0.176 e. The molecule has 0 saturated carbocycles.